The summed E-state index contributed by atoms with van der Waals surface area (Å²) in [6.45, 7) is 1.36. The largest absolute Gasteiger partial charge is 0.457 e. The van der Waals surface area contributed by atoms with Gasteiger partial charge in [-0.2, -0.15) is 13.2 Å². The van der Waals surface area contributed by atoms with Crippen molar-refractivity contribution in [3.05, 3.63) is 58.7 Å². The number of aliphatic hydroxyl groups excluding tert-OH is 1. The number of imide groups is 1. The third-order valence-corrected chi connectivity index (χ3v) is 5.34. The maximum Gasteiger partial charge on any atom is 0.416 e. The van der Waals surface area contributed by atoms with E-state index >= 15 is 0 Å². The van der Waals surface area contributed by atoms with Gasteiger partial charge in [-0.15, -0.1) is 0 Å². The van der Waals surface area contributed by atoms with Crippen molar-refractivity contribution in [1.29, 1.82) is 0 Å². The molecular formula is C21H18F3NO5. The Balaban J connectivity index is 1.59. The van der Waals surface area contributed by atoms with Gasteiger partial charge >= 0.3 is 12.3 Å². The zero-order valence-electron chi connectivity index (χ0n) is 15.8. The Morgan fingerprint density at radius 3 is 2.60 bits per heavy atom. The van der Waals surface area contributed by atoms with Crippen LogP contribution in [0.15, 0.2) is 36.4 Å². The normalized spacial score (nSPS) is 21.8. The number of halogens is 3. The van der Waals surface area contributed by atoms with Gasteiger partial charge in [0.05, 0.1) is 11.7 Å². The van der Waals surface area contributed by atoms with Gasteiger partial charge < -0.3 is 14.6 Å². The van der Waals surface area contributed by atoms with E-state index in [1.165, 1.54) is 13.0 Å². The van der Waals surface area contributed by atoms with Crippen LogP contribution in [-0.2, 0) is 22.1 Å². The Morgan fingerprint density at radius 1 is 1.20 bits per heavy atom. The number of hydrogen-bond donors (Lipinski definition) is 2. The summed E-state index contributed by atoms with van der Waals surface area (Å²) in [6.07, 6.45) is -6.07. The number of carbonyl (C=O) groups is 2. The Morgan fingerprint density at radius 2 is 1.97 bits per heavy atom. The Kier molecular flexibility index (Phi) is 4.93. The Bertz CT molecular complexity index is 1020. The van der Waals surface area contributed by atoms with Crippen molar-refractivity contribution >= 4 is 12.0 Å². The number of amides is 2. The number of carbonyl (C=O) groups excluding carboxylic acids is 2. The molecule has 1 heterocycles. The van der Waals surface area contributed by atoms with Crippen LogP contribution in [0.1, 0.15) is 47.6 Å². The van der Waals surface area contributed by atoms with E-state index in [1.54, 1.807) is 18.2 Å². The lowest BCUT2D eigenvalue weighted by Gasteiger charge is -2.18. The summed E-state index contributed by atoms with van der Waals surface area (Å²) in [4.78, 5) is 23.2. The van der Waals surface area contributed by atoms with Crippen molar-refractivity contribution in [2.24, 2.45) is 0 Å². The zero-order valence-corrected chi connectivity index (χ0v) is 15.8. The van der Waals surface area contributed by atoms with Crippen LogP contribution in [0.5, 0.6) is 11.5 Å². The zero-order chi connectivity index (χ0) is 21.6. The second-order valence-electron chi connectivity index (χ2n) is 7.35. The van der Waals surface area contributed by atoms with E-state index in [2.05, 4.69) is 5.32 Å². The highest BCUT2D eigenvalue weighted by Crippen LogP contribution is 2.41. The Labute approximate surface area is 169 Å². The van der Waals surface area contributed by atoms with Gasteiger partial charge in [0.15, 0.2) is 6.10 Å². The molecule has 4 rings (SSSR count). The molecule has 0 spiro atoms. The molecule has 2 aliphatic rings. The average Bonchev–Trinajstić information content (AvgIpc) is 3.22. The molecule has 2 aromatic carbocycles. The average molecular weight is 421 g/mol. The van der Waals surface area contributed by atoms with Crippen LogP contribution in [-0.4, -0.2) is 23.2 Å². The molecule has 2 unspecified atom stereocenters. The molecule has 0 aromatic heterocycles. The highest BCUT2D eigenvalue weighted by Gasteiger charge is 2.42. The fourth-order valence-corrected chi connectivity index (χ4v) is 3.91. The topological polar surface area (TPSA) is 84.9 Å². The molecule has 1 aliphatic carbocycles. The maximum atomic E-state index is 13.0. The van der Waals surface area contributed by atoms with Crippen molar-refractivity contribution in [2.45, 2.75) is 44.1 Å². The molecule has 9 heteroatoms. The number of ether oxygens (including phenoxy) is 2. The van der Waals surface area contributed by atoms with Crippen molar-refractivity contribution in [3.8, 4) is 11.5 Å². The van der Waals surface area contributed by atoms with Crippen LogP contribution in [0.25, 0.3) is 0 Å². The second-order valence-corrected chi connectivity index (χ2v) is 7.35. The molecule has 1 fully saturated rings. The molecule has 0 saturated carbocycles. The summed E-state index contributed by atoms with van der Waals surface area (Å²) in [5.74, 6) is -0.218. The SMILES string of the molecule is CC(O)c1cc(C(F)(F)F)ccc1Oc1ccc2c(c1)CC[C@H]2C1OC(=O)NC1=O. The number of fused-ring (bicyclic) bond motifs is 1. The number of benzene rings is 2. The summed E-state index contributed by atoms with van der Waals surface area (Å²) in [5.41, 5.74) is 0.920. The number of alkyl halides is 3. The minimum atomic E-state index is -4.53. The summed E-state index contributed by atoms with van der Waals surface area (Å²) in [6, 6.07) is 8.09. The number of nitrogens with one attached hydrogen (secondary N) is 1. The van der Waals surface area contributed by atoms with Gasteiger partial charge in [-0.05, 0) is 61.2 Å². The van der Waals surface area contributed by atoms with Gasteiger partial charge in [0.2, 0.25) is 0 Å². The van der Waals surface area contributed by atoms with Gasteiger partial charge in [0.25, 0.3) is 5.91 Å². The molecule has 6 nitrogen and oxygen atoms in total. The fraction of sp³-hybridized carbons (Fsp3) is 0.333. The van der Waals surface area contributed by atoms with Gasteiger partial charge in [-0.3, -0.25) is 10.1 Å². The van der Waals surface area contributed by atoms with E-state index in [4.69, 9.17) is 9.47 Å². The predicted molar refractivity (Wildman–Crippen MR) is 98.1 cm³/mol. The molecule has 158 valence electrons. The number of rotatable bonds is 4. The summed E-state index contributed by atoms with van der Waals surface area (Å²) >= 11 is 0. The minimum absolute atomic E-state index is 0.0257. The van der Waals surface area contributed by atoms with Crippen molar-refractivity contribution in [3.63, 3.8) is 0 Å². The number of aryl methyl sites for hydroxylation is 1. The highest BCUT2D eigenvalue weighted by molar-refractivity contribution is 6.00. The molecule has 2 amide bonds. The molecule has 0 radical (unpaired) electrons. The molecular weight excluding hydrogens is 403 g/mol. The summed E-state index contributed by atoms with van der Waals surface area (Å²) in [7, 11) is 0. The van der Waals surface area contributed by atoms with Crippen LogP contribution in [0, 0.1) is 0 Å². The number of cyclic esters (lactones) is 1. The third-order valence-electron chi connectivity index (χ3n) is 5.34. The standard InChI is InChI=1S/C21H18F3NO5/c1-10(26)16-9-12(21(22,23)24)3-7-17(16)29-13-4-6-14-11(8-13)2-5-15(14)18-19(27)25-20(28)30-18/h3-4,6-10,15,18,26H,2,5H2,1H3,(H,25,27,28)/t10?,15-,18?/m1/s1. The first-order chi connectivity index (χ1) is 14.1. The molecule has 2 N–H and O–H groups in total. The first-order valence-corrected chi connectivity index (χ1v) is 9.35. The first kappa shape index (κ1) is 20.2. The Hall–Kier alpha value is -3.07. The van der Waals surface area contributed by atoms with Crippen LogP contribution >= 0.6 is 0 Å². The second kappa shape index (κ2) is 7.32. The van der Waals surface area contributed by atoms with Crippen LogP contribution in [0.2, 0.25) is 0 Å². The van der Waals surface area contributed by atoms with E-state index in [0.29, 0.717) is 18.6 Å². The first-order valence-electron chi connectivity index (χ1n) is 9.35. The van der Waals surface area contributed by atoms with Gasteiger partial charge in [0.1, 0.15) is 11.5 Å². The van der Waals surface area contributed by atoms with Crippen LogP contribution in [0.4, 0.5) is 18.0 Å². The third kappa shape index (κ3) is 3.72. The number of alkyl carbamates (subject to hydrolysis) is 1. The summed E-state index contributed by atoms with van der Waals surface area (Å²) in [5, 5.41) is 12.0. The van der Waals surface area contributed by atoms with E-state index in [9.17, 15) is 27.9 Å². The summed E-state index contributed by atoms with van der Waals surface area (Å²) < 4.78 is 49.8. The van der Waals surface area contributed by atoms with Crippen molar-refractivity contribution in [1.82, 2.24) is 5.32 Å². The molecule has 2 aromatic rings. The number of aliphatic hydroxyl groups is 1. The lowest BCUT2D eigenvalue weighted by atomic mass is 9.95. The van der Waals surface area contributed by atoms with E-state index < -0.39 is 35.9 Å². The smallest absolute Gasteiger partial charge is 0.416 e. The lowest BCUT2D eigenvalue weighted by molar-refractivity contribution is -0.137. The van der Waals surface area contributed by atoms with Crippen LogP contribution in [0.3, 0.4) is 0 Å². The quantitative estimate of drug-likeness (QED) is 0.773. The highest BCUT2D eigenvalue weighted by atomic mass is 19.4. The van der Waals surface area contributed by atoms with Crippen molar-refractivity contribution in [2.75, 3.05) is 0 Å². The molecule has 30 heavy (non-hydrogen) atoms. The molecule has 1 aliphatic heterocycles. The maximum absolute atomic E-state index is 13.0. The van der Waals surface area contributed by atoms with Gasteiger partial charge in [0, 0.05) is 11.5 Å². The lowest BCUT2D eigenvalue weighted by Crippen LogP contribution is -2.28. The molecule has 3 atom stereocenters. The van der Waals surface area contributed by atoms with Crippen molar-refractivity contribution < 1.29 is 37.3 Å². The monoisotopic (exact) mass is 421 g/mol. The van der Waals surface area contributed by atoms with Crippen LogP contribution < -0.4 is 10.1 Å². The van der Waals surface area contributed by atoms with E-state index in [1.807, 2.05) is 0 Å². The fourth-order valence-electron chi connectivity index (χ4n) is 3.91. The van der Waals surface area contributed by atoms with E-state index in [0.717, 1.165) is 23.3 Å². The molecule has 1 saturated heterocycles. The number of hydrogen-bond acceptors (Lipinski definition) is 5. The van der Waals surface area contributed by atoms with E-state index in [-0.39, 0.29) is 17.2 Å². The minimum Gasteiger partial charge on any atom is -0.457 e. The van der Waals surface area contributed by atoms with Gasteiger partial charge in [-0.25, -0.2) is 4.79 Å². The molecule has 0 bridgehead atoms. The van der Waals surface area contributed by atoms with Gasteiger partial charge in [-0.1, -0.05) is 6.07 Å². The predicted octanol–water partition coefficient (Wildman–Crippen LogP) is 4.22.